The van der Waals surface area contributed by atoms with Gasteiger partial charge < -0.3 is 19.7 Å². The monoisotopic (exact) mass is 324 g/mol. The molecule has 0 unspecified atom stereocenters. The summed E-state index contributed by atoms with van der Waals surface area (Å²) in [6.45, 7) is 3.89. The van der Waals surface area contributed by atoms with Gasteiger partial charge in [0.1, 0.15) is 0 Å². The molecule has 0 atom stereocenters. The summed E-state index contributed by atoms with van der Waals surface area (Å²) >= 11 is 0. The topological polar surface area (TPSA) is 59.5 Å². The molecule has 6 heteroatoms. The molecule has 3 heterocycles. The summed E-state index contributed by atoms with van der Waals surface area (Å²) in [6.07, 6.45) is 3.81. The lowest BCUT2D eigenvalue weighted by molar-refractivity contribution is 0.0474. The van der Waals surface area contributed by atoms with Gasteiger partial charge in [-0.15, -0.1) is 5.10 Å². The second-order valence-corrected chi connectivity index (χ2v) is 6.56. The highest BCUT2D eigenvalue weighted by molar-refractivity contribution is 5.55. The maximum atomic E-state index is 6.03. The van der Waals surface area contributed by atoms with Crippen molar-refractivity contribution >= 4 is 5.82 Å². The molecule has 2 aromatic rings. The molecule has 1 aromatic carbocycles. The summed E-state index contributed by atoms with van der Waals surface area (Å²) in [5.74, 6) is 3.16. The molecule has 6 nitrogen and oxygen atoms in total. The number of rotatable bonds is 3. The number of ether oxygens (including phenoxy) is 2. The molecule has 0 bridgehead atoms. The Kier molecular flexibility index (Phi) is 3.29. The number of fused-ring (bicyclic) bond motifs is 1. The zero-order chi connectivity index (χ0) is 15.9. The lowest BCUT2D eigenvalue weighted by Gasteiger charge is -2.30. The van der Waals surface area contributed by atoms with Crippen molar-refractivity contribution in [1.82, 2.24) is 15.5 Å². The van der Waals surface area contributed by atoms with Crippen molar-refractivity contribution in [1.29, 1.82) is 0 Å². The minimum atomic E-state index is -0.421. The number of nitrogens with zero attached hydrogens (tertiary/aromatic N) is 3. The average molecular weight is 324 g/mol. The predicted molar refractivity (Wildman–Crippen MR) is 89.5 cm³/mol. The molecule has 24 heavy (non-hydrogen) atoms. The third kappa shape index (κ3) is 2.38. The molecule has 1 aromatic heterocycles. The van der Waals surface area contributed by atoms with E-state index in [1.54, 1.807) is 0 Å². The van der Waals surface area contributed by atoms with Crippen molar-refractivity contribution in [3.8, 4) is 11.5 Å². The fraction of sp³-hybridized carbons (Fsp3) is 0.444. The van der Waals surface area contributed by atoms with E-state index in [1.807, 2.05) is 30.5 Å². The third-order valence-electron chi connectivity index (χ3n) is 4.87. The van der Waals surface area contributed by atoms with E-state index < -0.39 is 6.29 Å². The van der Waals surface area contributed by atoms with E-state index in [9.17, 15) is 0 Å². The highest BCUT2D eigenvalue weighted by atomic mass is 16.7. The smallest absolute Gasteiger partial charge is 0.269 e. The first-order valence-corrected chi connectivity index (χ1v) is 8.63. The van der Waals surface area contributed by atoms with Crippen LogP contribution >= 0.6 is 0 Å². The molecule has 0 spiro atoms. The zero-order valence-corrected chi connectivity index (χ0v) is 13.4. The number of benzene rings is 1. The molecule has 0 radical (unpaired) electrons. The first kappa shape index (κ1) is 14.0. The Bertz CT molecular complexity index is 731. The van der Waals surface area contributed by atoms with Gasteiger partial charge in [0.25, 0.3) is 6.29 Å². The molecule has 124 valence electrons. The standard InChI is InChI=1S/C18H20N4O2/c1-2-4-15-14(3-1)23-18(24-15)13-11-20-21-17(16(13)12-5-6-12)22-9-7-19-8-10-22/h1-4,11-12,18-19H,5-10H2. The van der Waals surface area contributed by atoms with Crippen LogP contribution in [0, 0.1) is 0 Å². The fourth-order valence-electron chi connectivity index (χ4n) is 3.51. The van der Waals surface area contributed by atoms with Crippen LogP contribution in [0.5, 0.6) is 11.5 Å². The Morgan fingerprint density at radius 2 is 1.75 bits per heavy atom. The average Bonchev–Trinajstić information content (AvgIpc) is 3.39. The zero-order valence-electron chi connectivity index (χ0n) is 13.4. The molecule has 1 N–H and O–H groups in total. The summed E-state index contributed by atoms with van der Waals surface area (Å²) in [4.78, 5) is 2.34. The molecule has 2 aliphatic heterocycles. The Balaban J connectivity index is 1.52. The van der Waals surface area contributed by atoms with E-state index in [0.29, 0.717) is 5.92 Å². The van der Waals surface area contributed by atoms with Gasteiger partial charge in [0, 0.05) is 31.7 Å². The minimum absolute atomic E-state index is 0.421. The maximum absolute atomic E-state index is 6.03. The van der Waals surface area contributed by atoms with Gasteiger partial charge in [-0.25, -0.2) is 0 Å². The Labute approximate surface area is 140 Å². The number of piperazine rings is 1. The van der Waals surface area contributed by atoms with Gasteiger partial charge in [-0.05, 0) is 30.9 Å². The van der Waals surface area contributed by atoms with E-state index in [4.69, 9.17) is 9.47 Å². The predicted octanol–water partition coefficient (Wildman–Crippen LogP) is 2.23. The number of hydrogen-bond donors (Lipinski definition) is 1. The van der Waals surface area contributed by atoms with E-state index in [-0.39, 0.29) is 0 Å². The molecule has 3 aliphatic rings. The summed E-state index contributed by atoms with van der Waals surface area (Å²) in [5, 5.41) is 12.1. The van der Waals surface area contributed by atoms with Gasteiger partial charge in [0.05, 0.1) is 11.8 Å². The second kappa shape index (κ2) is 5.63. The molecular formula is C18H20N4O2. The SMILES string of the molecule is c1ccc2c(c1)OC(c1cnnc(N3CCNCC3)c1C1CC1)O2. The molecule has 1 aliphatic carbocycles. The van der Waals surface area contributed by atoms with Crippen molar-refractivity contribution in [2.45, 2.75) is 25.0 Å². The van der Waals surface area contributed by atoms with Gasteiger partial charge in [-0.2, -0.15) is 5.10 Å². The van der Waals surface area contributed by atoms with Crippen LogP contribution < -0.4 is 19.7 Å². The molecule has 5 rings (SSSR count). The normalized spacial score (nSPS) is 20.4. The molecule has 1 saturated heterocycles. The second-order valence-electron chi connectivity index (χ2n) is 6.56. The van der Waals surface area contributed by atoms with E-state index >= 15 is 0 Å². The Morgan fingerprint density at radius 1 is 1.04 bits per heavy atom. The van der Waals surface area contributed by atoms with Gasteiger partial charge >= 0.3 is 0 Å². The number of hydrogen-bond acceptors (Lipinski definition) is 6. The third-order valence-corrected chi connectivity index (χ3v) is 4.87. The van der Waals surface area contributed by atoms with Crippen LogP contribution in [-0.4, -0.2) is 36.4 Å². The van der Waals surface area contributed by atoms with Crippen LogP contribution in [0.2, 0.25) is 0 Å². The van der Waals surface area contributed by atoms with Gasteiger partial charge in [0.15, 0.2) is 17.3 Å². The Morgan fingerprint density at radius 3 is 2.42 bits per heavy atom. The van der Waals surface area contributed by atoms with Crippen LogP contribution in [0.4, 0.5) is 5.82 Å². The number of anilines is 1. The van der Waals surface area contributed by atoms with Crippen molar-refractivity contribution in [3.63, 3.8) is 0 Å². The molecular weight excluding hydrogens is 304 g/mol. The lowest BCUT2D eigenvalue weighted by Crippen LogP contribution is -2.44. The summed E-state index contributed by atoms with van der Waals surface area (Å²) in [7, 11) is 0. The quantitative estimate of drug-likeness (QED) is 0.934. The molecule has 1 saturated carbocycles. The van der Waals surface area contributed by atoms with Crippen LogP contribution in [0.15, 0.2) is 30.5 Å². The summed E-state index contributed by atoms with van der Waals surface area (Å²) < 4.78 is 12.1. The summed E-state index contributed by atoms with van der Waals surface area (Å²) in [5.41, 5.74) is 2.29. The first-order chi connectivity index (χ1) is 11.9. The fourth-order valence-corrected chi connectivity index (χ4v) is 3.51. The minimum Gasteiger partial charge on any atom is -0.447 e. The van der Waals surface area contributed by atoms with Gasteiger partial charge in [0.2, 0.25) is 0 Å². The highest BCUT2D eigenvalue weighted by Gasteiger charge is 2.37. The van der Waals surface area contributed by atoms with E-state index in [0.717, 1.165) is 49.1 Å². The van der Waals surface area contributed by atoms with E-state index in [2.05, 4.69) is 20.4 Å². The van der Waals surface area contributed by atoms with Crippen LogP contribution in [0.25, 0.3) is 0 Å². The van der Waals surface area contributed by atoms with Gasteiger partial charge in [-0.3, -0.25) is 0 Å². The largest absolute Gasteiger partial charge is 0.447 e. The lowest BCUT2D eigenvalue weighted by atomic mass is 10.0. The van der Waals surface area contributed by atoms with Crippen LogP contribution in [0.1, 0.15) is 36.2 Å². The van der Waals surface area contributed by atoms with E-state index in [1.165, 1.54) is 18.4 Å². The van der Waals surface area contributed by atoms with Crippen molar-refractivity contribution in [2.75, 3.05) is 31.1 Å². The first-order valence-electron chi connectivity index (χ1n) is 8.63. The van der Waals surface area contributed by atoms with Gasteiger partial charge in [-0.1, -0.05) is 12.1 Å². The van der Waals surface area contributed by atoms with Crippen molar-refractivity contribution < 1.29 is 9.47 Å². The summed E-state index contributed by atoms with van der Waals surface area (Å²) in [6, 6.07) is 7.81. The maximum Gasteiger partial charge on any atom is 0.269 e. The number of para-hydroxylation sites is 2. The van der Waals surface area contributed by atoms with Crippen LogP contribution in [-0.2, 0) is 0 Å². The molecule has 0 amide bonds. The number of nitrogens with one attached hydrogen (secondary N) is 1. The van der Waals surface area contributed by atoms with Crippen molar-refractivity contribution in [2.24, 2.45) is 0 Å². The Hall–Kier alpha value is -2.34. The van der Waals surface area contributed by atoms with Crippen LogP contribution in [0.3, 0.4) is 0 Å². The molecule has 2 fully saturated rings. The number of aromatic nitrogens is 2. The highest BCUT2D eigenvalue weighted by Crippen LogP contribution is 2.49. The van der Waals surface area contributed by atoms with Crippen molar-refractivity contribution in [3.05, 3.63) is 41.6 Å².